The Labute approximate surface area is 248 Å². The van der Waals surface area contributed by atoms with Crippen molar-refractivity contribution in [2.45, 2.75) is 36.5 Å². The summed E-state index contributed by atoms with van der Waals surface area (Å²) in [5.74, 6) is 0. The van der Waals surface area contributed by atoms with Gasteiger partial charge in [0.1, 0.15) is 0 Å². The SMILES string of the molecule is C/C(=C(\C#N)[C@@H](c1ccc(C#N)cc1S(C)(=O)=O)N(C)C(=O)N1CC[C@@H](N(C)C)C1)N(C=O)c1cccc(C(F)(F)F)c1. The normalized spacial score (nSPS) is 16.6. The number of likely N-dealkylation sites (tertiary alicyclic amines) is 1. The van der Waals surface area contributed by atoms with Crippen LogP contribution in [0.5, 0.6) is 0 Å². The average molecular weight is 617 g/mol. The molecule has 0 aromatic heterocycles. The van der Waals surface area contributed by atoms with Crippen molar-refractivity contribution in [3.63, 3.8) is 0 Å². The fourth-order valence-electron chi connectivity index (χ4n) is 5.01. The summed E-state index contributed by atoms with van der Waals surface area (Å²) in [5, 5.41) is 19.8. The van der Waals surface area contributed by atoms with Gasteiger partial charge in [0.25, 0.3) is 0 Å². The van der Waals surface area contributed by atoms with Gasteiger partial charge in [-0.25, -0.2) is 13.2 Å². The van der Waals surface area contributed by atoms with E-state index in [1.807, 2.05) is 31.1 Å². The first-order valence-corrected chi connectivity index (χ1v) is 14.9. The van der Waals surface area contributed by atoms with E-state index in [0.717, 1.165) is 35.4 Å². The Bertz CT molecular complexity index is 1630. The summed E-state index contributed by atoms with van der Waals surface area (Å²) in [5.41, 5.74) is -1.62. The molecule has 1 aliphatic heterocycles. The van der Waals surface area contributed by atoms with Crippen molar-refractivity contribution in [2.24, 2.45) is 0 Å². The summed E-state index contributed by atoms with van der Waals surface area (Å²) < 4.78 is 66.2. The Morgan fingerprint density at radius 2 is 1.81 bits per heavy atom. The third-order valence-corrected chi connectivity index (χ3v) is 8.54. The number of benzene rings is 2. The number of hydrogen-bond acceptors (Lipinski definition) is 7. The summed E-state index contributed by atoms with van der Waals surface area (Å²) in [4.78, 5) is 31.3. The van der Waals surface area contributed by atoms with Crippen LogP contribution in [-0.2, 0) is 20.8 Å². The van der Waals surface area contributed by atoms with Gasteiger partial charge in [-0.15, -0.1) is 0 Å². The smallest absolute Gasteiger partial charge is 0.323 e. The molecule has 0 bridgehead atoms. The Morgan fingerprint density at radius 1 is 1.14 bits per heavy atom. The lowest BCUT2D eigenvalue weighted by molar-refractivity contribution is -0.137. The maximum atomic E-state index is 13.8. The number of carbonyl (C=O) groups is 2. The summed E-state index contributed by atoms with van der Waals surface area (Å²) in [7, 11) is 1.10. The molecule has 1 saturated heterocycles. The minimum atomic E-state index is -4.71. The largest absolute Gasteiger partial charge is 0.416 e. The molecule has 10 nitrogen and oxygen atoms in total. The van der Waals surface area contributed by atoms with E-state index >= 15 is 0 Å². The van der Waals surface area contributed by atoms with Gasteiger partial charge in [-0.2, -0.15) is 23.7 Å². The van der Waals surface area contributed by atoms with Gasteiger partial charge in [-0.1, -0.05) is 12.1 Å². The van der Waals surface area contributed by atoms with Gasteiger partial charge in [0.15, 0.2) is 9.84 Å². The number of nitriles is 2. The molecule has 0 unspecified atom stereocenters. The number of carbonyl (C=O) groups excluding carboxylic acids is 2. The zero-order valence-corrected chi connectivity index (χ0v) is 25.1. The highest BCUT2D eigenvalue weighted by molar-refractivity contribution is 7.90. The summed E-state index contributed by atoms with van der Waals surface area (Å²) in [6, 6.07) is 9.68. The van der Waals surface area contributed by atoms with Crippen LogP contribution in [0.3, 0.4) is 0 Å². The maximum Gasteiger partial charge on any atom is 0.416 e. The molecule has 0 spiro atoms. The van der Waals surface area contributed by atoms with Gasteiger partial charge in [0, 0.05) is 43.8 Å². The van der Waals surface area contributed by atoms with Crippen LogP contribution in [0.2, 0.25) is 0 Å². The molecule has 1 fully saturated rings. The lowest BCUT2D eigenvalue weighted by Crippen LogP contribution is -2.44. The highest BCUT2D eigenvalue weighted by atomic mass is 32.2. The van der Waals surface area contributed by atoms with Crippen LogP contribution in [0.1, 0.15) is 36.1 Å². The quantitative estimate of drug-likeness (QED) is 0.322. The predicted octanol–water partition coefficient (Wildman–Crippen LogP) is 4.17. The lowest BCUT2D eigenvalue weighted by Gasteiger charge is -2.34. The fraction of sp³-hybridized carbons (Fsp3) is 0.379. The molecule has 0 N–H and O–H groups in total. The van der Waals surface area contributed by atoms with Crippen molar-refractivity contribution in [2.75, 3.05) is 45.4 Å². The van der Waals surface area contributed by atoms with Gasteiger partial charge in [-0.05, 0) is 63.3 Å². The summed E-state index contributed by atoms with van der Waals surface area (Å²) in [6.07, 6.45) is -2.88. The van der Waals surface area contributed by atoms with E-state index in [-0.39, 0.29) is 45.4 Å². The van der Waals surface area contributed by atoms with Crippen LogP contribution in [0.15, 0.2) is 58.6 Å². The highest BCUT2D eigenvalue weighted by Gasteiger charge is 2.37. The summed E-state index contributed by atoms with van der Waals surface area (Å²) in [6.45, 7) is 2.07. The van der Waals surface area contributed by atoms with Crippen LogP contribution >= 0.6 is 0 Å². The van der Waals surface area contributed by atoms with Crippen molar-refractivity contribution < 1.29 is 31.2 Å². The Balaban J connectivity index is 2.28. The number of sulfone groups is 1. The molecule has 3 rings (SSSR count). The van der Waals surface area contributed by atoms with E-state index in [1.54, 1.807) is 4.90 Å². The summed E-state index contributed by atoms with van der Waals surface area (Å²) >= 11 is 0. The van der Waals surface area contributed by atoms with E-state index in [1.165, 1.54) is 37.1 Å². The van der Waals surface area contributed by atoms with E-state index in [2.05, 4.69) is 0 Å². The number of allylic oxidation sites excluding steroid dienone is 1. The third kappa shape index (κ3) is 7.16. The number of amides is 3. The molecule has 14 heteroatoms. The molecule has 0 radical (unpaired) electrons. The van der Waals surface area contributed by atoms with E-state index in [4.69, 9.17) is 0 Å². The second-order valence-electron chi connectivity index (χ2n) is 10.4. The average Bonchev–Trinajstić information content (AvgIpc) is 3.45. The second-order valence-corrected chi connectivity index (χ2v) is 12.4. The number of halogens is 3. The van der Waals surface area contributed by atoms with Crippen LogP contribution in [0.25, 0.3) is 0 Å². The monoisotopic (exact) mass is 616 g/mol. The lowest BCUT2D eigenvalue weighted by atomic mass is 9.95. The van der Waals surface area contributed by atoms with Crippen molar-refractivity contribution in [3.8, 4) is 12.1 Å². The van der Waals surface area contributed by atoms with Gasteiger partial charge < -0.3 is 14.7 Å². The number of alkyl halides is 3. The molecule has 43 heavy (non-hydrogen) atoms. The molecule has 0 saturated carbocycles. The van der Waals surface area contributed by atoms with Crippen molar-refractivity contribution in [1.82, 2.24) is 14.7 Å². The van der Waals surface area contributed by atoms with Crippen LogP contribution < -0.4 is 4.90 Å². The topological polar surface area (TPSA) is 129 Å². The first-order valence-electron chi connectivity index (χ1n) is 13.0. The van der Waals surface area contributed by atoms with E-state index in [9.17, 15) is 41.7 Å². The number of anilines is 1. The fourth-order valence-corrected chi connectivity index (χ4v) is 5.96. The number of likely N-dealkylation sites (N-methyl/N-ethyl adjacent to an activating group) is 2. The molecule has 2 aromatic rings. The number of nitrogens with zero attached hydrogens (tertiary/aromatic N) is 6. The molecule has 228 valence electrons. The van der Waals surface area contributed by atoms with Crippen molar-refractivity contribution in [1.29, 1.82) is 10.5 Å². The van der Waals surface area contributed by atoms with Crippen LogP contribution in [-0.4, -0.2) is 82.1 Å². The Hall–Kier alpha value is -4.40. The standard InChI is InChI=1S/C29H31F3N6O4S/c1-19(38(18-39)22-8-6-7-21(14-22)29(30,31)32)25(16-34)27(24-10-9-20(15-33)13-26(24)43(5,41)42)36(4)28(40)37-12-11-23(17-37)35(2)3/h6-10,13-14,18,23,27H,11-12,17H2,1-5H3/b25-19-/t23-,27-/m1/s1. The third-order valence-electron chi connectivity index (χ3n) is 7.39. The van der Waals surface area contributed by atoms with Gasteiger partial charge in [0.2, 0.25) is 6.41 Å². The maximum absolute atomic E-state index is 13.8. The Kier molecular flexibility index (Phi) is 9.90. The number of urea groups is 1. The van der Waals surface area contributed by atoms with Crippen molar-refractivity contribution >= 4 is 28.0 Å². The molecule has 2 aromatic carbocycles. The molecule has 1 heterocycles. The second kappa shape index (κ2) is 12.9. The van der Waals surface area contributed by atoms with Gasteiger partial charge in [0.05, 0.1) is 39.8 Å². The molecule has 2 atom stereocenters. The molecule has 1 aliphatic rings. The van der Waals surface area contributed by atoms with Gasteiger partial charge >= 0.3 is 12.2 Å². The zero-order valence-electron chi connectivity index (χ0n) is 24.3. The highest BCUT2D eigenvalue weighted by Crippen LogP contribution is 2.38. The minimum absolute atomic E-state index is 0.0166. The number of rotatable bonds is 8. The van der Waals surface area contributed by atoms with Crippen molar-refractivity contribution in [3.05, 3.63) is 70.4 Å². The van der Waals surface area contributed by atoms with Crippen LogP contribution in [0, 0.1) is 22.7 Å². The first kappa shape index (κ1) is 33.1. The van der Waals surface area contributed by atoms with Crippen LogP contribution in [0.4, 0.5) is 23.7 Å². The zero-order chi connectivity index (χ0) is 32.3. The first-order chi connectivity index (χ1) is 20.0. The molecular weight excluding hydrogens is 585 g/mol. The Morgan fingerprint density at radius 3 is 2.33 bits per heavy atom. The van der Waals surface area contributed by atoms with E-state index in [0.29, 0.717) is 19.5 Å². The minimum Gasteiger partial charge on any atom is -0.323 e. The number of hydrogen-bond donors (Lipinski definition) is 0. The van der Waals surface area contributed by atoms with Gasteiger partial charge in [-0.3, -0.25) is 9.69 Å². The molecule has 3 amide bonds. The predicted molar refractivity (Wildman–Crippen MR) is 152 cm³/mol. The van der Waals surface area contributed by atoms with E-state index < -0.39 is 33.6 Å². The molecule has 0 aliphatic carbocycles. The molecular formula is C29H31F3N6O4S.